The fourth-order valence-corrected chi connectivity index (χ4v) is 1.68. The molecule has 0 saturated heterocycles. The summed E-state index contributed by atoms with van der Waals surface area (Å²) in [6.07, 6.45) is 1.24. The number of fused-ring (bicyclic) bond motifs is 1. The van der Waals surface area contributed by atoms with Crippen LogP contribution in [-0.4, -0.2) is 28.4 Å². The first-order valence-corrected chi connectivity index (χ1v) is 5.26. The predicted molar refractivity (Wildman–Crippen MR) is 61.3 cm³/mol. The lowest BCUT2D eigenvalue weighted by Crippen LogP contribution is -2.30. The number of carbonyl (C=O) groups is 1. The maximum absolute atomic E-state index is 13.1. The number of aromatic nitrogens is 2. The Morgan fingerprint density at radius 1 is 1.59 bits per heavy atom. The number of pyridine rings is 1. The van der Waals surface area contributed by atoms with Gasteiger partial charge in [0.15, 0.2) is 0 Å². The molecule has 2 heterocycles. The van der Waals surface area contributed by atoms with Crippen LogP contribution in [0.15, 0.2) is 18.3 Å². The Kier molecular flexibility index (Phi) is 3.06. The highest BCUT2D eigenvalue weighted by molar-refractivity contribution is 5.94. The molecule has 0 aliphatic heterocycles. The van der Waals surface area contributed by atoms with Gasteiger partial charge in [-0.3, -0.25) is 9.20 Å². The van der Waals surface area contributed by atoms with Crippen molar-refractivity contribution < 1.29 is 9.18 Å². The van der Waals surface area contributed by atoms with Gasteiger partial charge in [-0.1, -0.05) is 0 Å². The number of nitrogens with two attached hydrogens (primary N) is 1. The maximum Gasteiger partial charge on any atom is 0.270 e. The zero-order valence-corrected chi connectivity index (χ0v) is 9.40. The topological polar surface area (TPSA) is 72.4 Å². The van der Waals surface area contributed by atoms with E-state index in [9.17, 15) is 9.18 Å². The van der Waals surface area contributed by atoms with Crippen molar-refractivity contribution in [1.82, 2.24) is 14.7 Å². The third kappa shape index (κ3) is 2.12. The zero-order chi connectivity index (χ0) is 12.4. The fourth-order valence-electron chi connectivity index (χ4n) is 1.68. The Balaban J connectivity index is 2.48. The SMILES string of the molecule is Cc1nc2ccc(F)cn2c1C(=O)NCCN. The third-order valence-electron chi connectivity index (χ3n) is 2.40. The van der Waals surface area contributed by atoms with E-state index in [1.165, 1.54) is 22.7 Å². The minimum Gasteiger partial charge on any atom is -0.349 e. The van der Waals surface area contributed by atoms with Gasteiger partial charge in [0.05, 0.1) is 5.69 Å². The molecule has 1 amide bonds. The molecule has 90 valence electrons. The Labute approximate surface area is 97.4 Å². The van der Waals surface area contributed by atoms with Crippen molar-refractivity contribution in [3.8, 4) is 0 Å². The van der Waals surface area contributed by atoms with Crippen LogP contribution < -0.4 is 11.1 Å². The second kappa shape index (κ2) is 4.50. The van der Waals surface area contributed by atoms with E-state index in [4.69, 9.17) is 5.73 Å². The van der Waals surface area contributed by atoms with Crippen LogP contribution in [0.5, 0.6) is 0 Å². The van der Waals surface area contributed by atoms with Crippen molar-refractivity contribution in [2.75, 3.05) is 13.1 Å². The molecule has 3 N–H and O–H groups in total. The van der Waals surface area contributed by atoms with Gasteiger partial charge in [0, 0.05) is 19.3 Å². The molecule has 0 fully saturated rings. The molecule has 0 bridgehead atoms. The number of hydrogen-bond acceptors (Lipinski definition) is 3. The molecule has 0 aliphatic carbocycles. The van der Waals surface area contributed by atoms with Crippen LogP contribution in [0.25, 0.3) is 5.65 Å². The number of nitrogens with one attached hydrogen (secondary N) is 1. The molecule has 0 saturated carbocycles. The predicted octanol–water partition coefficient (Wildman–Crippen LogP) is 0.470. The minimum atomic E-state index is -0.414. The summed E-state index contributed by atoms with van der Waals surface area (Å²) in [5, 5.41) is 2.64. The first kappa shape index (κ1) is 11.5. The Bertz CT molecular complexity index is 564. The summed E-state index contributed by atoms with van der Waals surface area (Å²) in [5.41, 5.74) is 6.75. The number of amides is 1. The summed E-state index contributed by atoms with van der Waals surface area (Å²) in [7, 11) is 0. The fraction of sp³-hybridized carbons (Fsp3) is 0.273. The van der Waals surface area contributed by atoms with Crippen molar-refractivity contribution >= 4 is 11.6 Å². The van der Waals surface area contributed by atoms with E-state index in [1.54, 1.807) is 6.92 Å². The van der Waals surface area contributed by atoms with Gasteiger partial charge >= 0.3 is 0 Å². The van der Waals surface area contributed by atoms with Crippen LogP contribution >= 0.6 is 0 Å². The van der Waals surface area contributed by atoms with Crippen molar-refractivity contribution in [3.05, 3.63) is 35.5 Å². The van der Waals surface area contributed by atoms with Crippen LogP contribution in [0.1, 0.15) is 16.2 Å². The first-order valence-electron chi connectivity index (χ1n) is 5.26. The molecule has 0 radical (unpaired) electrons. The number of imidazole rings is 1. The molecule has 0 atom stereocenters. The molecule has 2 aromatic rings. The molecular formula is C11H13FN4O. The summed E-state index contributed by atoms with van der Waals surface area (Å²) >= 11 is 0. The van der Waals surface area contributed by atoms with Crippen LogP contribution in [0.3, 0.4) is 0 Å². The second-order valence-electron chi connectivity index (χ2n) is 3.67. The van der Waals surface area contributed by atoms with Gasteiger partial charge in [-0.15, -0.1) is 0 Å². The zero-order valence-electron chi connectivity index (χ0n) is 9.40. The molecule has 6 heteroatoms. The highest BCUT2D eigenvalue weighted by Crippen LogP contribution is 2.12. The van der Waals surface area contributed by atoms with E-state index in [2.05, 4.69) is 10.3 Å². The van der Waals surface area contributed by atoms with Gasteiger partial charge in [0.2, 0.25) is 0 Å². The Hall–Kier alpha value is -1.95. The number of rotatable bonds is 3. The summed E-state index contributed by atoms with van der Waals surface area (Å²) in [6, 6.07) is 2.84. The highest BCUT2D eigenvalue weighted by Gasteiger charge is 2.16. The summed E-state index contributed by atoms with van der Waals surface area (Å²) in [4.78, 5) is 16.0. The largest absolute Gasteiger partial charge is 0.349 e. The van der Waals surface area contributed by atoms with Crippen LogP contribution in [0, 0.1) is 12.7 Å². The number of aryl methyl sites for hydroxylation is 1. The van der Waals surface area contributed by atoms with E-state index in [1.807, 2.05) is 0 Å². The molecule has 0 aromatic carbocycles. The van der Waals surface area contributed by atoms with Crippen LogP contribution in [0.4, 0.5) is 4.39 Å². The standard InChI is InChI=1S/C11H13FN4O/c1-7-10(11(17)14-5-4-13)16-6-8(12)2-3-9(16)15-7/h2-3,6H,4-5,13H2,1H3,(H,14,17). The first-order chi connectivity index (χ1) is 8.13. The van der Waals surface area contributed by atoms with Crippen LogP contribution in [0.2, 0.25) is 0 Å². The quantitative estimate of drug-likeness (QED) is 0.813. The van der Waals surface area contributed by atoms with E-state index in [0.717, 1.165) is 0 Å². The van der Waals surface area contributed by atoms with E-state index in [-0.39, 0.29) is 5.91 Å². The van der Waals surface area contributed by atoms with Crippen LogP contribution in [-0.2, 0) is 0 Å². The Morgan fingerprint density at radius 2 is 2.35 bits per heavy atom. The molecule has 2 aromatic heterocycles. The number of hydrogen-bond donors (Lipinski definition) is 2. The number of carbonyl (C=O) groups excluding carboxylic acids is 1. The molecule has 17 heavy (non-hydrogen) atoms. The van der Waals surface area contributed by atoms with Gasteiger partial charge in [0.1, 0.15) is 17.2 Å². The third-order valence-corrected chi connectivity index (χ3v) is 2.40. The van der Waals surface area contributed by atoms with Gasteiger partial charge in [-0.25, -0.2) is 9.37 Å². The van der Waals surface area contributed by atoms with Gasteiger partial charge in [0.25, 0.3) is 5.91 Å². The van der Waals surface area contributed by atoms with Gasteiger partial charge < -0.3 is 11.1 Å². The Morgan fingerprint density at radius 3 is 3.06 bits per heavy atom. The van der Waals surface area contributed by atoms with E-state index < -0.39 is 5.82 Å². The molecule has 0 aliphatic rings. The lowest BCUT2D eigenvalue weighted by Gasteiger charge is -2.04. The van der Waals surface area contributed by atoms with Gasteiger partial charge in [-0.2, -0.15) is 0 Å². The summed E-state index contributed by atoms with van der Waals surface area (Å²) in [6.45, 7) is 2.44. The lowest BCUT2D eigenvalue weighted by molar-refractivity contribution is 0.0948. The normalized spacial score (nSPS) is 10.8. The average molecular weight is 236 g/mol. The minimum absolute atomic E-state index is 0.300. The monoisotopic (exact) mass is 236 g/mol. The molecule has 5 nitrogen and oxygen atoms in total. The lowest BCUT2D eigenvalue weighted by atomic mass is 10.3. The average Bonchev–Trinajstić information content (AvgIpc) is 2.61. The van der Waals surface area contributed by atoms with Crippen molar-refractivity contribution in [3.63, 3.8) is 0 Å². The number of nitrogens with zero attached hydrogens (tertiary/aromatic N) is 2. The second-order valence-corrected chi connectivity index (χ2v) is 3.67. The molecule has 0 unspecified atom stereocenters. The van der Waals surface area contributed by atoms with Crippen molar-refractivity contribution in [2.45, 2.75) is 6.92 Å². The maximum atomic E-state index is 13.1. The summed E-state index contributed by atoms with van der Waals surface area (Å²) in [5.74, 6) is -0.714. The molecular weight excluding hydrogens is 223 g/mol. The summed E-state index contributed by atoms with van der Waals surface area (Å²) < 4.78 is 14.6. The highest BCUT2D eigenvalue weighted by atomic mass is 19.1. The molecule has 0 spiro atoms. The van der Waals surface area contributed by atoms with Crippen molar-refractivity contribution in [1.29, 1.82) is 0 Å². The molecule has 2 rings (SSSR count). The van der Waals surface area contributed by atoms with Gasteiger partial charge in [-0.05, 0) is 19.1 Å². The number of halogens is 1. The van der Waals surface area contributed by atoms with E-state index in [0.29, 0.717) is 30.1 Å². The van der Waals surface area contributed by atoms with E-state index >= 15 is 0 Å². The smallest absolute Gasteiger partial charge is 0.270 e. The van der Waals surface area contributed by atoms with Crippen molar-refractivity contribution in [2.24, 2.45) is 5.73 Å².